The second-order valence-electron chi connectivity index (χ2n) is 5.04. The summed E-state index contributed by atoms with van der Waals surface area (Å²) in [6, 6.07) is 0. The number of nitrogens with one attached hydrogen (secondary N) is 1. The molecule has 0 saturated heterocycles. The largest absolute Gasteiger partial charge is 0.333 e. The minimum absolute atomic E-state index is 0.597. The quantitative estimate of drug-likeness (QED) is 0.717. The summed E-state index contributed by atoms with van der Waals surface area (Å²) < 4.78 is 2.33. The van der Waals surface area contributed by atoms with Crippen LogP contribution in [0.2, 0.25) is 0 Å². The Labute approximate surface area is 98.3 Å². The molecule has 16 heavy (non-hydrogen) atoms. The van der Waals surface area contributed by atoms with Crippen LogP contribution in [0.1, 0.15) is 45.2 Å². The zero-order valence-electron chi connectivity index (χ0n) is 10.5. The highest BCUT2D eigenvalue weighted by Crippen LogP contribution is 2.50. The molecule has 1 aromatic rings. The molecule has 0 unspecified atom stereocenters. The molecule has 0 spiro atoms. The van der Waals surface area contributed by atoms with Crippen LogP contribution >= 0.6 is 0 Å². The van der Waals surface area contributed by atoms with Gasteiger partial charge in [-0.1, -0.05) is 13.8 Å². The van der Waals surface area contributed by atoms with Crippen molar-refractivity contribution in [2.24, 2.45) is 5.41 Å². The van der Waals surface area contributed by atoms with Crippen molar-refractivity contribution in [1.82, 2.24) is 14.9 Å². The molecule has 0 amide bonds. The minimum Gasteiger partial charge on any atom is -0.333 e. The van der Waals surface area contributed by atoms with E-state index >= 15 is 0 Å². The number of imidazole rings is 1. The molecule has 1 fully saturated rings. The molecule has 1 aromatic heterocycles. The smallest absolute Gasteiger partial charge is 0.0948 e. The highest BCUT2D eigenvalue weighted by atomic mass is 15.1. The van der Waals surface area contributed by atoms with Crippen LogP contribution in [0, 0.1) is 5.41 Å². The summed E-state index contributed by atoms with van der Waals surface area (Å²) in [4.78, 5) is 4.27. The highest BCUT2D eigenvalue weighted by Gasteiger charge is 2.41. The van der Waals surface area contributed by atoms with Crippen LogP contribution in [0.25, 0.3) is 0 Å². The molecule has 0 radical (unpaired) electrons. The molecular formula is C13H23N3. The molecule has 0 bridgehead atoms. The van der Waals surface area contributed by atoms with Crippen LogP contribution in [0.3, 0.4) is 0 Å². The first-order valence-electron chi connectivity index (χ1n) is 6.49. The maximum absolute atomic E-state index is 4.27. The molecule has 1 heterocycles. The Morgan fingerprint density at radius 2 is 2.25 bits per heavy atom. The Kier molecular flexibility index (Phi) is 3.64. The fourth-order valence-corrected chi connectivity index (χ4v) is 2.19. The van der Waals surface area contributed by atoms with Gasteiger partial charge in [0.25, 0.3) is 0 Å². The number of hydrogen-bond donors (Lipinski definition) is 1. The molecule has 2 rings (SSSR count). The molecular weight excluding hydrogens is 198 g/mol. The summed E-state index contributed by atoms with van der Waals surface area (Å²) in [6.07, 6.45) is 9.25. The molecule has 3 heteroatoms. The van der Waals surface area contributed by atoms with Crippen molar-refractivity contribution < 1.29 is 0 Å². The summed E-state index contributed by atoms with van der Waals surface area (Å²) in [6.45, 7) is 7.70. The van der Waals surface area contributed by atoms with Crippen LogP contribution in [0.15, 0.2) is 12.5 Å². The van der Waals surface area contributed by atoms with E-state index in [1.54, 1.807) is 0 Å². The minimum atomic E-state index is 0.597. The molecule has 90 valence electrons. The molecule has 1 N–H and O–H groups in total. The predicted octanol–water partition coefficient (Wildman–Crippen LogP) is 2.57. The Morgan fingerprint density at radius 3 is 2.88 bits per heavy atom. The van der Waals surface area contributed by atoms with E-state index in [-0.39, 0.29) is 0 Å². The summed E-state index contributed by atoms with van der Waals surface area (Å²) >= 11 is 0. The monoisotopic (exact) mass is 221 g/mol. The van der Waals surface area contributed by atoms with E-state index in [0.717, 1.165) is 19.6 Å². The molecule has 0 atom stereocenters. The van der Waals surface area contributed by atoms with Gasteiger partial charge in [0.1, 0.15) is 0 Å². The number of rotatable bonds is 7. The van der Waals surface area contributed by atoms with E-state index in [0.29, 0.717) is 5.41 Å². The van der Waals surface area contributed by atoms with E-state index in [9.17, 15) is 0 Å². The number of nitrogens with zero attached hydrogens (tertiary/aromatic N) is 2. The van der Waals surface area contributed by atoms with Gasteiger partial charge in [-0.15, -0.1) is 0 Å². The van der Waals surface area contributed by atoms with Crippen molar-refractivity contribution >= 4 is 0 Å². The average molecular weight is 221 g/mol. The molecule has 1 saturated carbocycles. The number of aromatic nitrogens is 2. The normalized spacial score (nSPS) is 17.6. The van der Waals surface area contributed by atoms with Gasteiger partial charge in [0.05, 0.1) is 12.0 Å². The standard InChI is InChI=1S/C13H23N3/c1-3-7-14-8-12-9-15-11-16(12)10-13(4-2)5-6-13/h9,11,14H,3-8,10H2,1-2H3. The van der Waals surface area contributed by atoms with E-state index in [4.69, 9.17) is 0 Å². The van der Waals surface area contributed by atoms with Crippen molar-refractivity contribution in [3.8, 4) is 0 Å². The maximum atomic E-state index is 4.27. The second-order valence-corrected chi connectivity index (χ2v) is 5.04. The Morgan fingerprint density at radius 1 is 1.44 bits per heavy atom. The third kappa shape index (κ3) is 2.64. The van der Waals surface area contributed by atoms with Gasteiger partial charge in [-0.3, -0.25) is 0 Å². The van der Waals surface area contributed by atoms with Gasteiger partial charge in [-0.05, 0) is 37.6 Å². The van der Waals surface area contributed by atoms with E-state index in [1.807, 2.05) is 12.5 Å². The Bertz CT molecular complexity index is 326. The third-order valence-electron chi connectivity index (χ3n) is 3.74. The molecule has 0 aliphatic heterocycles. The number of hydrogen-bond acceptors (Lipinski definition) is 2. The van der Waals surface area contributed by atoms with Crippen molar-refractivity contribution in [1.29, 1.82) is 0 Å². The van der Waals surface area contributed by atoms with Crippen LogP contribution in [0.5, 0.6) is 0 Å². The average Bonchev–Trinajstić information content (AvgIpc) is 2.94. The Balaban J connectivity index is 1.91. The zero-order valence-corrected chi connectivity index (χ0v) is 10.5. The zero-order chi connectivity index (χ0) is 11.4. The van der Waals surface area contributed by atoms with Crippen molar-refractivity contribution in [2.75, 3.05) is 6.54 Å². The lowest BCUT2D eigenvalue weighted by molar-refractivity contribution is 0.399. The second kappa shape index (κ2) is 5.00. The SMILES string of the molecule is CCCNCc1cncn1CC1(CC)CC1. The summed E-state index contributed by atoms with van der Waals surface area (Å²) in [5, 5.41) is 3.44. The van der Waals surface area contributed by atoms with E-state index < -0.39 is 0 Å². The lowest BCUT2D eigenvalue weighted by atomic mass is 10.0. The van der Waals surface area contributed by atoms with Crippen LogP contribution < -0.4 is 5.32 Å². The van der Waals surface area contributed by atoms with Gasteiger partial charge in [0, 0.05) is 19.3 Å². The fourth-order valence-electron chi connectivity index (χ4n) is 2.19. The maximum Gasteiger partial charge on any atom is 0.0948 e. The lowest BCUT2D eigenvalue weighted by Gasteiger charge is -2.15. The molecule has 0 aromatic carbocycles. The topological polar surface area (TPSA) is 29.9 Å². The fraction of sp³-hybridized carbons (Fsp3) is 0.769. The Hall–Kier alpha value is -0.830. The summed E-state index contributed by atoms with van der Waals surface area (Å²) in [5.41, 5.74) is 1.92. The van der Waals surface area contributed by atoms with E-state index in [1.165, 1.54) is 31.4 Å². The first-order valence-corrected chi connectivity index (χ1v) is 6.49. The lowest BCUT2D eigenvalue weighted by Crippen LogP contribution is -2.19. The van der Waals surface area contributed by atoms with Crippen LogP contribution in [0.4, 0.5) is 0 Å². The van der Waals surface area contributed by atoms with Gasteiger partial charge in [0.2, 0.25) is 0 Å². The van der Waals surface area contributed by atoms with Gasteiger partial charge in [-0.2, -0.15) is 0 Å². The summed E-state index contributed by atoms with van der Waals surface area (Å²) in [5.74, 6) is 0. The van der Waals surface area contributed by atoms with Crippen molar-refractivity contribution in [2.45, 2.75) is 52.6 Å². The summed E-state index contributed by atoms with van der Waals surface area (Å²) in [7, 11) is 0. The van der Waals surface area contributed by atoms with Gasteiger partial charge < -0.3 is 9.88 Å². The first-order chi connectivity index (χ1) is 7.79. The third-order valence-corrected chi connectivity index (χ3v) is 3.74. The van der Waals surface area contributed by atoms with Gasteiger partial charge >= 0.3 is 0 Å². The first kappa shape index (κ1) is 11.6. The highest BCUT2D eigenvalue weighted by molar-refractivity contribution is 5.02. The van der Waals surface area contributed by atoms with Crippen LogP contribution in [-0.2, 0) is 13.1 Å². The van der Waals surface area contributed by atoms with Gasteiger partial charge in [0.15, 0.2) is 0 Å². The molecule has 1 aliphatic rings. The van der Waals surface area contributed by atoms with Crippen LogP contribution in [-0.4, -0.2) is 16.1 Å². The van der Waals surface area contributed by atoms with Crippen molar-refractivity contribution in [3.05, 3.63) is 18.2 Å². The van der Waals surface area contributed by atoms with Crippen molar-refractivity contribution in [3.63, 3.8) is 0 Å². The van der Waals surface area contributed by atoms with E-state index in [2.05, 4.69) is 28.7 Å². The van der Waals surface area contributed by atoms with Gasteiger partial charge in [-0.25, -0.2) is 4.98 Å². The predicted molar refractivity (Wildman–Crippen MR) is 66.2 cm³/mol. The molecule has 3 nitrogen and oxygen atoms in total. The molecule has 1 aliphatic carbocycles.